The molecule has 0 aliphatic carbocycles. The first-order valence-electron chi connectivity index (χ1n) is 8.08. The molecule has 1 unspecified atom stereocenters. The molecule has 0 spiro atoms. The monoisotopic (exact) mass is 404 g/mol. The minimum atomic E-state index is -3.95. The first-order chi connectivity index (χ1) is 12.9. The van der Waals surface area contributed by atoms with Gasteiger partial charge in [-0.05, 0) is 54.8 Å². The maximum Gasteiger partial charge on any atom is 0.261 e. The Morgan fingerprint density at radius 2 is 1.74 bits per heavy atom. The van der Waals surface area contributed by atoms with Gasteiger partial charge in [0.1, 0.15) is 5.82 Å². The molecule has 0 fully saturated rings. The molecule has 140 valence electrons. The van der Waals surface area contributed by atoms with Crippen LogP contribution < -0.4 is 10.0 Å². The number of sulfonamides is 1. The Kier molecular flexibility index (Phi) is 5.57. The molecule has 5 nitrogen and oxygen atoms in total. The van der Waals surface area contributed by atoms with Crippen LogP contribution in [-0.2, 0) is 10.0 Å². The first kappa shape index (κ1) is 19.1. The molecule has 0 bridgehead atoms. The number of hydrogen-bond donors (Lipinski definition) is 2. The maximum absolute atomic E-state index is 13.0. The van der Waals surface area contributed by atoms with Gasteiger partial charge in [0.15, 0.2) is 0 Å². The number of para-hydroxylation sites is 1. The Morgan fingerprint density at radius 3 is 2.41 bits per heavy atom. The molecule has 0 aliphatic rings. The molecule has 1 aromatic heterocycles. The molecule has 0 saturated heterocycles. The lowest BCUT2D eigenvalue weighted by Crippen LogP contribution is -2.27. The standard InChI is InChI=1S/C19H17FN2O3S2/c1-13(18-7-4-12-26-18)21-19(23)16-5-2-3-6-17(16)22-27(24,25)15-10-8-14(20)9-11-15/h2-13,22H,1H3,(H,21,23). The van der Waals surface area contributed by atoms with E-state index in [1.54, 1.807) is 18.2 Å². The van der Waals surface area contributed by atoms with Gasteiger partial charge in [-0.3, -0.25) is 9.52 Å². The number of hydrogen-bond acceptors (Lipinski definition) is 4. The van der Waals surface area contributed by atoms with Crippen LogP contribution in [0.2, 0.25) is 0 Å². The molecule has 2 aromatic carbocycles. The Morgan fingerprint density at radius 1 is 1.04 bits per heavy atom. The van der Waals surface area contributed by atoms with Crippen LogP contribution in [0.1, 0.15) is 28.2 Å². The molecule has 8 heteroatoms. The molecular weight excluding hydrogens is 387 g/mol. The Labute approximate surface area is 160 Å². The van der Waals surface area contributed by atoms with Crippen molar-refractivity contribution in [1.29, 1.82) is 0 Å². The third-order valence-corrected chi connectivity index (χ3v) is 6.29. The lowest BCUT2D eigenvalue weighted by molar-refractivity contribution is 0.0941. The minimum Gasteiger partial charge on any atom is -0.345 e. The van der Waals surface area contributed by atoms with Crippen molar-refractivity contribution in [2.75, 3.05) is 4.72 Å². The van der Waals surface area contributed by atoms with Crippen LogP contribution in [0, 0.1) is 5.82 Å². The van der Waals surface area contributed by atoms with Crippen molar-refractivity contribution < 1.29 is 17.6 Å². The normalized spacial score (nSPS) is 12.4. The summed E-state index contributed by atoms with van der Waals surface area (Å²) in [6, 6.07) is 14.4. The predicted octanol–water partition coefficient (Wildman–Crippen LogP) is 4.18. The summed E-state index contributed by atoms with van der Waals surface area (Å²) >= 11 is 1.52. The molecule has 27 heavy (non-hydrogen) atoms. The largest absolute Gasteiger partial charge is 0.345 e. The average Bonchev–Trinajstić information content (AvgIpc) is 3.17. The van der Waals surface area contributed by atoms with Gasteiger partial charge in [0, 0.05) is 4.88 Å². The molecule has 3 aromatic rings. The second-order valence-corrected chi connectivity index (χ2v) is 8.48. The molecule has 2 N–H and O–H groups in total. The van der Waals surface area contributed by atoms with Crippen LogP contribution in [0.25, 0.3) is 0 Å². The van der Waals surface area contributed by atoms with E-state index in [-0.39, 0.29) is 22.2 Å². The third kappa shape index (κ3) is 4.53. The van der Waals surface area contributed by atoms with E-state index in [2.05, 4.69) is 10.0 Å². The number of benzene rings is 2. The van der Waals surface area contributed by atoms with E-state index < -0.39 is 21.7 Å². The fraction of sp³-hybridized carbons (Fsp3) is 0.105. The second-order valence-electron chi connectivity index (χ2n) is 5.82. The maximum atomic E-state index is 13.0. The molecule has 3 rings (SSSR count). The highest BCUT2D eigenvalue weighted by atomic mass is 32.2. The van der Waals surface area contributed by atoms with E-state index in [1.807, 2.05) is 24.4 Å². The Bertz CT molecular complexity index is 1030. The van der Waals surface area contributed by atoms with Gasteiger partial charge in [0.25, 0.3) is 15.9 Å². The molecule has 1 heterocycles. The highest BCUT2D eigenvalue weighted by molar-refractivity contribution is 7.92. The van der Waals surface area contributed by atoms with Crippen molar-refractivity contribution in [1.82, 2.24) is 5.32 Å². The summed E-state index contributed by atoms with van der Waals surface area (Å²) in [6.45, 7) is 1.86. The summed E-state index contributed by atoms with van der Waals surface area (Å²) in [5.41, 5.74) is 0.351. The van der Waals surface area contributed by atoms with Crippen LogP contribution in [0.15, 0.2) is 70.9 Å². The van der Waals surface area contributed by atoms with E-state index in [4.69, 9.17) is 0 Å². The molecule has 0 saturated carbocycles. The van der Waals surface area contributed by atoms with Crippen LogP contribution in [-0.4, -0.2) is 14.3 Å². The number of carbonyl (C=O) groups excluding carboxylic acids is 1. The smallest absolute Gasteiger partial charge is 0.261 e. The summed E-state index contributed by atoms with van der Waals surface area (Å²) in [6.07, 6.45) is 0. The summed E-state index contributed by atoms with van der Waals surface area (Å²) in [4.78, 5) is 13.5. The highest BCUT2D eigenvalue weighted by Gasteiger charge is 2.20. The SMILES string of the molecule is CC(NC(=O)c1ccccc1NS(=O)(=O)c1ccc(F)cc1)c1cccs1. The summed E-state index contributed by atoms with van der Waals surface area (Å²) in [5.74, 6) is -0.926. The van der Waals surface area contributed by atoms with E-state index in [1.165, 1.54) is 29.5 Å². The predicted molar refractivity (Wildman–Crippen MR) is 104 cm³/mol. The lowest BCUT2D eigenvalue weighted by Gasteiger charge is -2.15. The average molecular weight is 404 g/mol. The number of amides is 1. The third-order valence-electron chi connectivity index (χ3n) is 3.86. The zero-order valence-corrected chi connectivity index (χ0v) is 16.0. The van der Waals surface area contributed by atoms with Crippen LogP contribution in [0.5, 0.6) is 0 Å². The van der Waals surface area contributed by atoms with Crippen LogP contribution in [0.4, 0.5) is 10.1 Å². The zero-order valence-electron chi connectivity index (χ0n) is 14.3. The van der Waals surface area contributed by atoms with Crippen molar-refractivity contribution in [2.45, 2.75) is 17.9 Å². The van der Waals surface area contributed by atoms with Crippen LogP contribution in [0.3, 0.4) is 0 Å². The number of carbonyl (C=O) groups is 1. The van der Waals surface area contributed by atoms with Gasteiger partial charge < -0.3 is 5.32 Å². The summed E-state index contributed by atoms with van der Waals surface area (Å²) in [5, 5.41) is 4.78. The van der Waals surface area contributed by atoms with Gasteiger partial charge >= 0.3 is 0 Å². The van der Waals surface area contributed by atoms with E-state index >= 15 is 0 Å². The van der Waals surface area contributed by atoms with Crippen molar-refractivity contribution in [2.24, 2.45) is 0 Å². The number of halogens is 1. The number of anilines is 1. The van der Waals surface area contributed by atoms with Gasteiger partial charge in [-0.25, -0.2) is 12.8 Å². The fourth-order valence-electron chi connectivity index (χ4n) is 2.47. The van der Waals surface area contributed by atoms with E-state index in [9.17, 15) is 17.6 Å². The Hall–Kier alpha value is -2.71. The quantitative estimate of drug-likeness (QED) is 0.647. The minimum absolute atomic E-state index is 0.0916. The Balaban J connectivity index is 1.83. The zero-order chi connectivity index (χ0) is 19.4. The highest BCUT2D eigenvalue weighted by Crippen LogP contribution is 2.23. The van der Waals surface area contributed by atoms with Crippen molar-refractivity contribution >= 4 is 33.0 Å². The molecule has 0 radical (unpaired) electrons. The van der Waals surface area contributed by atoms with Crippen molar-refractivity contribution in [3.63, 3.8) is 0 Å². The van der Waals surface area contributed by atoms with E-state index in [0.29, 0.717) is 0 Å². The fourth-order valence-corrected chi connectivity index (χ4v) is 4.28. The number of rotatable bonds is 6. The topological polar surface area (TPSA) is 75.3 Å². The molecule has 1 amide bonds. The second kappa shape index (κ2) is 7.89. The molecular formula is C19H17FN2O3S2. The van der Waals surface area contributed by atoms with Crippen molar-refractivity contribution in [3.8, 4) is 0 Å². The van der Waals surface area contributed by atoms with Crippen LogP contribution >= 0.6 is 11.3 Å². The summed E-state index contributed by atoms with van der Waals surface area (Å²) < 4.78 is 40.5. The first-order valence-corrected chi connectivity index (χ1v) is 10.4. The lowest BCUT2D eigenvalue weighted by atomic mass is 10.1. The van der Waals surface area contributed by atoms with E-state index in [0.717, 1.165) is 17.0 Å². The van der Waals surface area contributed by atoms with Gasteiger partial charge in [-0.2, -0.15) is 0 Å². The summed E-state index contributed by atoms with van der Waals surface area (Å²) in [7, 11) is -3.95. The van der Waals surface area contributed by atoms with Gasteiger partial charge in [0.2, 0.25) is 0 Å². The van der Waals surface area contributed by atoms with Gasteiger partial charge in [-0.15, -0.1) is 11.3 Å². The van der Waals surface area contributed by atoms with Crippen molar-refractivity contribution in [3.05, 3.63) is 82.3 Å². The number of thiophene rings is 1. The van der Waals surface area contributed by atoms with Gasteiger partial charge in [0.05, 0.1) is 22.2 Å². The molecule has 1 atom stereocenters. The molecule has 0 aliphatic heterocycles. The van der Waals surface area contributed by atoms with Gasteiger partial charge in [-0.1, -0.05) is 18.2 Å². The number of nitrogens with one attached hydrogen (secondary N) is 2.